The van der Waals surface area contributed by atoms with Gasteiger partial charge in [-0.3, -0.25) is 4.79 Å². The third kappa shape index (κ3) is 10.5. The molecule has 0 atom stereocenters. The molecular formula is C32H32O10. The molecule has 0 bridgehead atoms. The fraction of sp³-hybridized carbons (Fsp3) is 0.250. The number of carbonyl (C=O) groups is 4. The average molecular weight is 577 g/mol. The van der Waals surface area contributed by atoms with E-state index >= 15 is 0 Å². The van der Waals surface area contributed by atoms with Crippen molar-refractivity contribution in [2.24, 2.45) is 0 Å². The molecule has 3 rings (SSSR count). The largest absolute Gasteiger partial charge is 0.493 e. The van der Waals surface area contributed by atoms with Crippen molar-refractivity contribution < 1.29 is 47.6 Å². The van der Waals surface area contributed by atoms with Crippen molar-refractivity contribution in [3.63, 3.8) is 0 Å². The third-order valence-electron chi connectivity index (χ3n) is 5.57. The first kappa shape index (κ1) is 31.4. The standard InChI is InChI=1S/C32H32O10/c1-4-30(34)40-20-6-19-39-26-11-7-24(8-12-26)31(35)41-28-15-16-29(22(2)21-28)42-32(36)25-9-13-27(14-10-25)38-18-5-17-37-23(3)33/h4,7-16,21H,1,5-6,17-20H2,2-3H3. The minimum Gasteiger partial charge on any atom is -0.493 e. The summed E-state index contributed by atoms with van der Waals surface area (Å²) in [6.07, 6.45) is 2.16. The number of carbonyl (C=O) groups excluding carboxylic acids is 4. The summed E-state index contributed by atoms with van der Waals surface area (Å²) in [5, 5.41) is 0. The van der Waals surface area contributed by atoms with Gasteiger partial charge in [0, 0.05) is 25.8 Å². The van der Waals surface area contributed by atoms with E-state index in [4.69, 9.17) is 28.4 Å². The second-order valence-corrected chi connectivity index (χ2v) is 8.87. The van der Waals surface area contributed by atoms with Crippen LogP contribution >= 0.6 is 0 Å². The van der Waals surface area contributed by atoms with Crippen LogP contribution in [-0.2, 0) is 19.1 Å². The molecule has 0 spiro atoms. The molecule has 220 valence electrons. The molecule has 0 radical (unpaired) electrons. The summed E-state index contributed by atoms with van der Waals surface area (Å²) in [6.45, 7) is 7.61. The number of rotatable bonds is 15. The van der Waals surface area contributed by atoms with Gasteiger partial charge < -0.3 is 28.4 Å². The van der Waals surface area contributed by atoms with Gasteiger partial charge in [0.15, 0.2) is 0 Å². The number of benzene rings is 3. The zero-order valence-electron chi connectivity index (χ0n) is 23.5. The van der Waals surface area contributed by atoms with E-state index in [0.29, 0.717) is 65.7 Å². The Bertz CT molecular complexity index is 1380. The fourth-order valence-corrected chi connectivity index (χ4v) is 3.44. The topological polar surface area (TPSA) is 124 Å². The first-order chi connectivity index (χ1) is 20.2. The van der Waals surface area contributed by atoms with Crippen molar-refractivity contribution in [2.75, 3.05) is 26.4 Å². The molecule has 3 aromatic rings. The zero-order valence-corrected chi connectivity index (χ0v) is 23.5. The van der Waals surface area contributed by atoms with E-state index in [-0.39, 0.29) is 19.2 Å². The van der Waals surface area contributed by atoms with Gasteiger partial charge in [-0.15, -0.1) is 0 Å². The van der Waals surface area contributed by atoms with Crippen molar-refractivity contribution in [3.8, 4) is 23.0 Å². The molecule has 3 aromatic carbocycles. The first-order valence-electron chi connectivity index (χ1n) is 13.2. The molecule has 0 saturated carbocycles. The molecule has 0 heterocycles. The molecule has 0 aliphatic carbocycles. The maximum absolute atomic E-state index is 12.6. The Labute approximate surface area is 243 Å². The van der Waals surface area contributed by atoms with E-state index < -0.39 is 17.9 Å². The summed E-state index contributed by atoms with van der Waals surface area (Å²) in [6, 6.07) is 17.6. The molecular weight excluding hydrogens is 544 g/mol. The molecule has 0 saturated heterocycles. The molecule has 0 aliphatic heterocycles. The Kier molecular flexibility index (Phi) is 12.1. The summed E-state index contributed by atoms with van der Waals surface area (Å²) in [7, 11) is 0. The van der Waals surface area contributed by atoms with Crippen LogP contribution in [-0.4, -0.2) is 50.3 Å². The highest BCUT2D eigenvalue weighted by atomic mass is 16.5. The van der Waals surface area contributed by atoms with Gasteiger partial charge in [-0.2, -0.15) is 0 Å². The maximum atomic E-state index is 12.6. The molecule has 0 aliphatic rings. The van der Waals surface area contributed by atoms with Crippen molar-refractivity contribution >= 4 is 23.9 Å². The monoisotopic (exact) mass is 576 g/mol. The minimum absolute atomic E-state index is 0.220. The van der Waals surface area contributed by atoms with E-state index in [1.807, 2.05) is 0 Å². The molecule has 10 nitrogen and oxygen atoms in total. The molecule has 0 fully saturated rings. The second-order valence-electron chi connectivity index (χ2n) is 8.87. The number of aryl methyl sites for hydroxylation is 1. The highest BCUT2D eigenvalue weighted by molar-refractivity contribution is 5.92. The lowest BCUT2D eigenvalue weighted by atomic mass is 10.2. The average Bonchev–Trinajstić information content (AvgIpc) is 2.98. The second kappa shape index (κ2) is 16.2. The van der Waals surface area contributed by atoms with Gasteiger partial charge in [0.05, 0.1) is 37.6 Å². The van der Waals surface area contributed by atoms with Gasteiger partial charge in [-0.05, 0) is 79.2 Å². The van der Waals surface area contributed by atoms with Crippen molar-refractivity contribution in [1.82, 2.24) is 0 Å². The lowest BCUT2D eigenvalue weighted by Gasteiger charge is -2.11. The Morgan fingerprint density at radius 2 is 1.17 bits per heavy atom. The normalized spacial score (nSPS) is 10.2. The smallest absolute Gasteiger partial charge is 0.343 e. The Morgan fingerprint density at radius 3 is 1.67 bits per heavy atom. The molecule has 0 unspecified atom stereocenters. The number of hydrogen-bond acceptors (Lipinski definition) is 10. The van der Waals surface area contributed by atoms with Crippen molar-refractivity contribution in [2.45, 2.75) is 26.7 Å². The number of hydrogen-bond donors (Lipinski definition) is 0. The van der Waals surface area contributed by atoms with Crippen LogP contribution < -0.4 is 18.9 Å². The summed E-state index contributed by atoms with van der Waals surface area (Å²) in [5.74, 6) is -0.182. The maximum Gasteiger partial charge on any atom is 0.343 e. The van der Waals surface area contributed by atoms with E-state index in [9.17, 15) is 19.2 Å². The predicted molar refractivity (Wildman–Crippen MR) is 152 cm³/mol. The molecule has 0 aromatic heterocycles. The quantitative estimate of drug-likeness (QED) is 0.102. The fourth-order valence-electron chi connectivity index (χ4n) is 3.44. The van der Waals surface area contributed by atoms with Crippen molar-refractivity contribution in [3.05, 3.63) is 96.1 Å². The Hall–Kier alpha value is -5.12. The zero-order chi connectivity index (χ0) is 30.3. The van der Waals surface area contributed by atoms with Crippen LogP contribution in [0.15, 0.2) is 79.4 Å². The lowest BCUT2D eigenvalue weighted by molar-refractivity contribution is -0.141. The van der Waals surface area contributed by atoms with Gasteiger partial charge in [-0.1, -0.05) is 6.58 Å². The van der Waals surface area contributed by atoms with E-state index in [2.05, 4.69) is 6.58 Å². The van der Waals surface area contributed by atoms with Crippen LogP contribution in [0, 0.1) is 6.92 Å². The summed E-state index contributed by atoms with van der Waals surface area (Å²) in [5.41, 5.74) is 1.26. The van der Waals surface area contributed by atoms with E-state index in [1.165, 1.54) is 13.0 Å². The van der Waals surface area contributed by atoms with Gasteiger partial charge >= 0.3 is 23.9 Å². The summed E-state index contributed by atoms with van der Waals surface area (Å²) in [4.78, 5) is 47.0. The summed E-state index contributed by atoms with van der Waals surface area (Å²) >= 11 is 0. The predicted octanol–water partition coefficient (Wildman–Crippen LogP) is 5.26. The van der Waals surface area contributed by atoms with E-state index in [0.717, 1.165) is 6.08 Å². The number of esters is 4. The van der Waals surface area contributed by atoms with E-state index in [1.54, 1.807) is 67.6 Å². The number of ether oxygens (including phenoxy) is 6. The van der Waals surface area contributed by atoms with Crippen LogP contribution in [0.25, 0.3) is 0 Å². The van der Waals surface area contributed by atoms with Crippen molar-refractivity contribution in [1.29, 1.82) is 0 Å². The Balaban J connectivity index is 1.46. The lowest BCUT2D eigenvalue weighted by Crippen LogP contribution is -2.11. The van der Waals surface area contributed by atoms with Crippen LogP contribution in [0.3, 0.4) is 0 Å². The molecule has 42 heavy (non-hydrogen) atoms. The molecule has 0 N–H and O–H groups in total. The molecule has 10 heteroatoms. The van der Waals surface area contributed by atoms with Gasteiger partial charge in [0.25, 0.3) is 0 Å². The van der Waals surface area contributed by atoms with Gasteiger partial charge in [0.2, 0.25) is 0 Å². The first-order valence-corrected chi connectivity index (χ1v) is 13.2. The van der Waals surface area contributed by atoms with Crippen LogP contribution in [0.2, 0.25) is 0 Å². The SMILES string of the molecule is C=CC(=O)OCCCOc1ccc(C(=O)Oc2ccc(OC(=O)c3ccc(OCCCOC(C)=O)cc3)c(C)c2)cc1. The molecule has 0 amide bonds. The van der Waals surface area contributed by atoms with Gasteiger partial charge in [-0.25, -0.2) is 14.4 Å². The third-order valence-corrected chi connectivity index (χ3v) is 5.57. The summed E-state index contributed by atoms with van der Waals surface area (Å²) < 4.78 is 31.9. The Morgan fingerprint density at radius 1 is 0.667 bits per heavy atom. The van der Waals surface area contributed by atoms with Gasteiger partial charge in [0.1, 0.15) is 23.0 Å². The minimum atomic E-state index is -0.560. The highest BCUT2D eigenvalue weighted by Gasteiger charge is 2.14. The van der Waals surface area contributed by atoms with Crippen LogP contribution in [0.1, 0.15) is 46.0 Å². The highest BCUT2D eigenvalue weighted by Crippen LogP contribution is 2.25. The van der Waals surface area contributed by atoms with Crippen LogP contribution in [0.5, 0.6) is 23.0 Å². The van der Waals surface area contributed by atoms with Crippen LogP contribution in [0.4, 0.5) is 0 Å².